The lowest BCUT2D eigenvalue weighted by atomic mass is 9.97. The van der Waals surface area contributed by atoms with Crippen molar-refractivity contribution in [3.63, 3.8) is 0 Å². The van der Waals surface area contributed by atoms with Gasteiger partial charge in [-0.15, -0.1) is 0 Å². The summed E-state index contributed by atoms with van der Waals surface area (Å²) in [5.41, 5.74) is 0. The molecule has 366 valence electrons. The molecule has 2 fully saturated rings. The number of hydrogen-bond acceptors (Lipinski definition) is 13. The number of carbonyl (C=O) groups excluding carboxylic acids is 1. The molecule has 12 atom stereocenters. The van der Waals surface area contributed by atoms with Gasteiger partial charge in [-0.05, 0) is 38.5 Å². The predicted molar refractivity (Wildman–Crippen MR) is 240 cm³/mol. The van der Waals surface area contributed by atoms with Crippen molar-refractivity contribution in [1.29, 1.82) is 0 Å². The number of aliphatic hydroxyl groups excluding tert-OH is 8. The normalized spacial score (nSPS) is 27.8. The summed E-state index contributed by atoms with van der Waals surface area (Å²) in [5, 5.41) is 86.8. The lowest BCUT2D eigenvalue weighted by Crippen LogP contribution is -2.65. The zero-order chi connectivity index (χ0) is 45.4. The summed E-state index contributed by atoms with van der Waals surface area (Å²) in [7, 11) is 0. The highest BCUT2D eigenvalue weighted by Gasteiger charge is 2.51. The standard InChI is InChI=1S/C48H91NO13/c1-3-5-7-9-11-13-15-17-18-20-22-24-26-28-30-32-40(53)49-36(37(52)31-29-27-25-23-21-19-16-14-12-10-8-6-4-2)35-59-47-45(58)43(56)46(39(34-51)61-47)62-48-44(57)42(55)41(54)38(33-50)60-48/h17-18,36-39,41-48,50-52,54-58H,3-16,19-35H2,1-2H3,(H,49,53)/b18-17-/t36-,37+,38?,39?,41-,42-,43+,44?,45?,46+,47+,48-/m0/s1. The number of hydrogen-bond donors (Lipinski definition) is 9. The lowest BCUT2D eigenvalue weighted by molar-refractivity contribution is -0.359. The highest BCUT2D eigenvalue weighted by atomic mass is 16.7. The first-order valence-electron chi connectivity index (χ1n) is 24.9. The predicted octanol–water partition coefficient (Wildman–Crippen LogP) is 5.99. The summed E-state index contributed by atoms with van der Waals surface area (Å²) in [6.07, 6.45) is 19.2. The molecule has 0 radical (unpaired) electrons. The van der Waals surface area contributed by atoms with Crippen LogP contribution in [0.3, 0.4) is 0 Å². The molecule has 0 saturated carbocycles. The third-order valence-corrected chi connectivity index (χ3v) is 12.5. The third-order valence-electron chi connectivity index (χ3n) is 12.5. The van der Waals surface area contributed by atoms with Crippen LogP contribution in [-0.2, 0) is 23.7 Å². The van der Waals surface area contributed by atoms with Crippen molar-refractivity contribution < 1.29 is 64.6 Å². The van der Waals surface area contributed by atoms with Crippen LogP contribution in [0.15, 0.2) is 12.2 Å². The van der Waals surface area contributed by atoms with E-state index in [1.807, 2.05) is 0 Å². The average Bonchev–Trinajstić information content (AvgIpc) is 3.27. The van der Waals surface area contributed by atoms with Crippen molar-refractivity contribution in [2.75, 3.05) is 19.8 Å². The molecule has 14 heteroatoms. The first-order valence-corrected chi connectivity index (χ1v) is 24.9. The Morgan fingerprint density at radius 2 is 1.02 bits per heavy atom. The number of aliphatic hydroxyl groups is 8. The smallest absolute Gasteiger partial charge is 0.220 e. The Morgan fingerprint density at radius 1 is 0.565 bits per heavy atom. The van der Waals surface area contributed by atoms with Crippen LogP contribution >= 0.6 is 0 Å². The SMILES string of the molecule is CCCCCCCC/C=C\CCCCCCCC(=O)N[C@@H](CO[C@@H]1OC(CO)[C@@H](O[C@@H]2OC(CO)[C@H](O)[C@H](O)C2O)[C@H](O)C1O)[C@H](O)CCCCCCCCCCCCCCC. The number of ether oxygens (including phenoxy) is 4. The highest BCUT2D eigenvalue weighted by Crippen LogP contribution is 2.30. The van der Waals surface area contributed by atoms with Gasteiger partial charge in [0.1, 0.15) is 48.8 Å². The van der Waals surface area contributed by atoms with Crippen LogP contribution in [0, 0.1) is 0 Å². The van der Waals surface area contributed by atoms with Gasteiger partial charge in [0.15, 0.2) is 12.6 Å². The van der Waals surface area contributed by atoms with E-state index < -0.39 is 86.8 Å². The minimum atomic E-state index is -1.78. The number of allylic oxidation sites excluding steroid dienone is 2. The van der Waals surface area contributed by atoms with Gasteiger partial charge in [0.25, 0.3) is 0 Å². The second-order valence-corrected chi connectivity index (χ2v) is 17.9. The fourth-order valence-electron chi connectivity index (χ4n) is 8.35. The third kappa shape index (κ3) is 23.3. The quantitative estimate of drug-likeness (QED) is 0.0257. The molecule has 2 aliphatic rings. The van der Waals surface area contributed by atoms with Gasteiger partial charge in [-0.2, -0.15) is 0 Å². The second-order valence-electron chi connectivity index (χ2n) is 17.9. The molecule has 0 aliphatic carbocycles. The van der Waals surface area contributed by atoms with Gasteiger partial charge < -0.3 is 65.1 Å². The van der Waals surface area contributed by atoms with Crippen molar-refractivity contribution in [3.05, 3.63) is 12.2 Å². The Morgan fingerprint density at radius 3 is 1.53 bits per heavy atom. The van der Waals surface area contributed by atoms with Gasteiger partial charge in [-0.3, -0.25) is 4.79 Å². The first-order chi connectivity index (χ1) is 30.1. The van der Waals surface area contributed by atoms with Crippen LogP contribution in [-0.4, -0.2) is 140 Å². The number of nitrogens with one attached hydrogen (secondary N) is 1. The molecule has 14 nitrogen and oxygen atoms in total. The Hall–Kier alpha value is -1.27. The molecule has 9 N–H and O–H groups in total. The van der Waals surface area contributed by atoms with E-state index in [-0.39, 0.29) is 12.5 Å². The molecule has 4 unspecified atom stereocenters. The summed E-state index contributed by atoms with van der Waals surface area (Å²) in [6, 6.07) is -0.827. The number of unbranched alkanes of at least 4 members (excludes halogenated alkanes) is 23. The summed E-state index contributed by atoms with van der Waals surface area (Å²) in [5.74, 6) is -0.216. The summed E-state index contributed by atoms with van der Waals surface area (Å²) in [4.78, 5) is 13.2. The van der Waals surface area contributed by atoms with E-state index >= 15 is 0 Å². The molecule has 62 heavy (non-hydrogen) atoms. The maximum Gasteiger partial charge on any atom is 0.220 e. The van der Waals surface area contributed by atoms with Crippen molar-refractivity contribution in [3.8, 4) is 0 Å². The summed E-state index contributed by atoms with van der Waals surface area (Å²) >= 11 is 0. The van der Waals surface area contributed by atoms with Crippen molar-refractivity contribution in [1.82, 2.24) is 5.32 Å². The van der Waals surface area contributed by atoms with Crippen LogP contribution in [0.2, 0.25) is 0 Å². The fraction of sp³-hybridized carbons (Fsp3) is 0.938. The molecule has 0 spiro atoms. The van der Waals surface area contributed by atoms with Crippen LogP contribution < -0.4 is 5.32 Å². The Bertz CT molecular complexity index is 1100. The Balaban J connectivity index is 1.85. The number of carbonyl (C=O) groups is 1. The monoisotopic (exact) mass is 890 g/mol. The van der Waals surface area contributed by atoms with Crippen molar-refractivity contribution in [2.45, 2.75) is 267 Å². The molecule has 0 aromatic heterocycles. The Kier molecular flexibility index (Phi) is 32.9. The van der Waals surface area contributed by atoms with Gasteiger partial charge in [0.2, 0.25) is 5.91 Å². The zero-order valence-electron chi connectivity index (χ0n) is 38.6. The molecule has 2 heterocycles. The average molecular weight is 890 g/mol. The lowest BCUT2D eigenvalue weighted by Gasteiger charge is -2.46. The second kappa shape index (κ2) is 35.9. The Labute approximate surface area is 374 Å². The molecule has 2 rings (SSSR count). The van der Waals surface area contributed by atoms with E-state index in [2.05, 4.69) is 31.3 Å². The van der Waals surface area contributed by atoms with Gasteiger partial charge in [-0.1, -0.05) is 161 Å². The van der Waals surface area contributed by atoms with E-state index in [1.54, 1.807) is 0 Å². The van der Waals surface area contributed by atoms with E-state index in [0.29, 0.717) is 19.3 Å². The van der Waals surface area contributed by atoms with Gasteiger partial charge in [0.05, 0.1) is 32.0 Å². The fourth-order valence-corrected chi connectivity index (χ4v) is 8.35. The zero-order valence-corrected chi connectivity index (χ0v) is 38.6. The molecule has 0 bridgehead atoms. The topological polar surface area (TPSA) is 228 Å². The minimum Gasteiger partial charge on any atom is -0.394 e. The van der Waals surface area contributed by atoms with Gasteiger partial charge in [0, 0.05) is 6.42 Å². The maximum atomic E-state index is 13.2. The molecule has 2 saturated heterocycles. The van der Waals surface area contributed by atoms with E-state index in [0.717, 1.165) is 64.2 Å². The van der Waals surface area contributed by atoms with Gasteiger partial charge >= 0.3 is 0 Å². The van der Waals surface area contributed by atoms with E-state index in [9.17, 15) is 45.6 Å². The highest BCUT2D eigenvalue weighted by molar-refractivity contribution is 5.76. The van der Waals surface area contributed by atoms with Crippen LogP contribution in [0.4, 0.5) is 0 Å². The maximum absolute atomic E-state index is 13.2. The van der Waals surface area contributed by atoms with Crippen LogP contribution in [0.5, 0.6) is 0 Å². The van der Waals surface area contributed by atoms with Crippen LogP contribution in [0.25, 0.3) is 0 Å². The van der Waals surface area contributed by atoms with E-state index in [1.165, 1.54) is 96.3 Å². The minimum absolute atomic E-state index is 0.216. The number of rotatable bonds is 38. The van der Waals surface area contributed by atoms with Gasteiger partial charge in [-0.25, -0.2) is 0 Å². The summed E-state index contributed by atoms with van der Waals surface area (Å²) in [6.45, 7) is 2.83. The molecule has 0 aromatic carbocycles. The number of amides is 1. The molecule has 2 aliphatic heterocycles. The van der Waals surface area contributed by atoms with Crippen molar-refractivity contribution >= 4 is 5.91 Å². The molecule has 0 aromatic rings. The molecule has 1 amide bonds. The largest absolute Gasteiger partial charge is 0.394 e. The van der Waals surface area contributed by atoms with Crippen molar-refractivity contribution in [2.24, 2.45) is 0 Å². The summed E-state index contributed by atoms with van der Waals surface area (Å²) < 4.78 is 22.7. The molecular weight excluding hydrogens is 799 g/mol. The first kappa shape index (κ1) is 56.9. The van der Waals surface area contributed by atoms with E-state index in [4.69, 9.17) is 18.9 Å². The molecular formula is C48H91NO13. The van der Waals surface area contributed by atoms with Crippen LogP contribution in [0.1, 0.15) is 194 Å².